The van der Waals surface area contributed by atoms with Crippen LogP contribution in [-0.2, 0) is 19.4 Å². The van der Waals surface area contributed by atoms with Crippen LogP contribution in [0.15, 0.2) is 0 Å². The molecular formula is C13H24N2S. The second-order valence-electron chi connectivity index (χ2n) is 4.78. The van der Waals surface area contributed by atoms with Gasteiger partial charge < -0.3 is 5.32 Å². The lowest BCUT2D eigenvalue weighted by Crippen LogP contribution is -2.37. The van der Waals surface area contributed by atoms with Crippen LogP contribution in [0.1, 0.15) is 56.6 Å². The summed E-state index contributed by atoms with van der Waals surface area (Å²) in [5, 5.41) is 4.79. The van der Waals surface area contributed by atoms with Gasteiger partial charge in [-0.05, 0) is 33.1 Å². The highest BCUT2D eigenvalue weighted by Crippen LogP contribution is 2.20. The molecule has 0 fully saturated rings. The van der Waals surface area contributed by atoms with E-state index in [0.717, 1.165) is 25.8 Å². The molecule has 0 atom stereocenters. The van der Waals surface area contributed by atoms with E-state index in [-0.39, 0.29) is 5.54 Å². The summed E-state index contributed by atoms with van der Waals surface area (Å²) in [6.07, 6.45) is 3.30. The Labute approximate surface area is 103 Å². The van der Waals surface area contributed by atoms with Gasteiger partial charge in [-0.15, -0.1) is 11.3 Å². The molecule has 2 nitrogen and oxygen atoms in total. The predicted octanol–water partition coefficient (Wildman–Crippen LogP) is 3.55. The number of hydrogen-bond acceptors (Lipinski definition) is 3. The number of aromatic nitrogens is 1. The molecule has 0 unspecified atom stereocenters. The molecule has 0 radical (unpaired) electrons. The summed E-state index contributed by atoms with van der Waals surface area (Å²) in [5.74, 6) is 0. The summed E-state index contributed by atoms with van der Waals surface area (Å²) in [7, 11) is 0. The van der Waals surface area contributed by atoms with E-state index in [2.05, 4.69) is 39.9 Å². The summed E-state index contributed by atoms with van der Waals surface area (Å²) in [6.45, 7) is 12.0. The van der Waals surface area contributed by atoms with Gasteiger partial charge in [-0.25, -0.2) is 4.98 Å². The zero-order chi connectivity index (χ0) is 12.2. The molecule has 0 amide bonds. The zero-order valence-corrected chi connectivity index (χ0v) is 12.0. The summed E-state index contributed by atoms with van der Waals surface area (Å²) in [6, 6.07) is 0. The molecule has 3 heteroatoms. The lowest BCUT2D eigenvalue weighted by molar-refractivity contribution is 0.374. The molecule has 0 spiro atoms. The fourth-order valence-electron chi connectivity index (χ4n) is 1.50. The monoisotopic (exact) mass is 240 g/mol. The third-order valence-corrected chi connectivity index (χ3v) is 4.32. The second-order valence-corrected chi connectivity index (χ2v) is 5.94. The highest BCUT2D eigenvalue weighted by atomic mass is 32.1. The van der Waals surface area contributed by atoms with Gasteiger partial charge in [-0.3, -0.25) is 0 Å². The number of nitrogens with one attached hydrogen (secondary N) is 1. The number of thiazole rings is 1. The van der Waals surface area contributed by atoms with Crippen molar-refractivity contribution < 1.29 is 0 Å². The zero-order valence-electron chi connectivity index (χ0n) is 11.2. The van der Waals surface area contributed by atoms with Crippen molar-refractivity contribution in [3.63, 3.8) is 0 Å². The Balaban J connectivity index is 2.64. The Morgan fingerprint density at radius 3 is 2.31 bits per heavy atom. The molecule has 0 aliphatic carbocycles. The smallest absolute Gasteiger partial charge is 0.107 e. The van der Waals surface area contributed by atoms with Crippen molar-refractivity contribution in [3.8, 4) is 0 Å². The molecule has 0 bridgehead atoms. The van der Waals surface area contributed by atoms with E-state index < -0.39 is 0 Å². The van der Waals surface area contributed by atoms with Gasteiger partial charge in [0, 0.05) is 17.0 Å². The molecule has 1 heterocycles. The van der Waals surface area contributed by atoms with Crippen LogP contribution in [0.4, 0.5) is 0 Å². The van der Waals surface area contributed by atoms with Crippen molar-refractivity contribution in [2.75, 3.05) is 0 Å². The van der Waals surface area contributed by atoms with Crippen molar-refractivity contribution in [3.05, 3.63) is 15.6 Å². The number of hydrogen-bond donors (Lipinski definition) is 1. The van der Waals surface area contributed by atoms with E-state index in [4.69, 9.17) is 4.98 Å². The normalized spacial score (nSPS) is 12.1. The first kappa shape index (κ1) is 13.7. The summed E-state index contributed by atoms with van der Waals surface area (Å²) in [4.78, 5) is 6.15. The maximum Gasteiger partial charge on any atom is 0.107 e. The minimum absolute atomic E-state index is 0.213. The molecule has 0 aliphatic rings. The predicted molar refractivity (Wildman–Crippen MR) is 72.1 cm³/mol. The number of rotatable bonds is 6. The van der Waals surface area contributed by atoms with E-state index in [9.17, 15) is 0 Å². The maximum atomic E-state index is 4.69. The van der Waals surface area contributed by atoms with E-state index in [1.807, 2.05) is 11.3 Å². The molecule has 0 aliphatic heterocycles. The Hall–Kier alpha value is -0.410. The largest absolute Gasteiger partial charge is 0.305 e. The molecule has 1 N–H and O–H groups in total. The first-order valence-electron chi connectivity index (χ1n) is 6.24. The molecule has 1 aromatic rings. The van der Waals surface area contributed by atoms with Gasteiger partial charge in [-0.1, -0.05) is 20.8 Å². The van der Waals surface area contributed by atoms with Crippen LogP contribution in [0.3, 0.4) is 0 Å². The lowest BCUT2D eigenvalue weighted by Gasteiger charge is -2.23. The van der Waals surface area contributed by atoms with Gasteiger partial charge in [0.05, 0.1) is 5.69 Å². The standard InChI is InChI=1S/C13H24N2S/c1-6-10-11(7-2)16-12(15-10)9-14-13(4,5)8-3/h14H,6-9H2,1-5H3. The van der Waals surface area contributed by atoms with E-state index in [1.54, 1.807) is 0 Å². The Morgan fingerprint density at radius 2 is 1.88 bits per heavy atom. The summed E-state index contributed by atoms with van der Waals surface area (Å²) < 4.78 is 0. The van der Waals surface area contributed by atoms with Gasteiger partial charge in [0.1, 0.15) is 5.01 Å². The van der Waals surface area contributed by atoms with Crippen LogP contribution in [-0.4, -0.2) is 10.5 Å². The fraction of sp³-hybridized carbons (Fsp3) is 0.769. The third-order valence-electron chi connectivity index (χ3n) is 3.08. The lowest BCUT2D eigenvalue weighted by atomic mass is 10.0. The molecule has 92 valence electrons. The van der Waals surface area contributed by atoms with Crippen LogP contribution in [0.2, 0.25) is 0 Å². The molecule has 0 saturated carbocycles. The third kappa shape index (κ3) is 3.56. The number of nitrogens with zero attached hydrogens (tertiary/aromatic N) is 1. The topological polar surface area (TPSA) is 24.9 Å². The van der Waals surface area contributed by atoms with E-state index in [1.165, 1.54) is 15.6 Å². The van der Waals surface area contributed by atoms with Gasteiger partial charge in [0.25, 0.3) is 0 Å². The Morgan fingerprint density at radius 1 is 1.19 bits per heavy atom. The maximum absolute atomic E-state index is 4.69. The van der Waals surface area contributed by atoms with Crippen LogP contribution in [0.5, 0.6) is 0 Å². The molecule has 0 saturated heterocycles. The second kappa shape index (κ2) is 5.78. The van der Waals surface area contributed by atoms with Gasteiger partial charge in [0.15, 0.2) is 0 Å². The van der Waals surface area contributed by atoms with Crippen molar-refractivity contribution >= 4 is 11.3 Å². The average molecular weight is 240 g/mol. The number of aryl methyl sites for hydroxylation is 2. The Kier molecular flexibility index (Phi) is 4.93. The molecule has 1 rings (SSSR count). The minimum atomic E-state index is 0.213. The Bertz CT molecular complexity index is 307. The van der Waals surface area contributed by atoms with Crippen LogP contribution >= 0.6 is 11.3 Å². The quantitative estimate of drug-likeness (QED) is 0.822. The van der Waals surface area contributed by atoms with E-state index >= 15 is 0 Å². The highest BCUT2D eigenvalue weighted by Gasteiger charge is 2.15. The van der Waals surface area contributed by atoms with Gasteiger partial charge in [0.2, 0.25) is 0 Å². The van der Waals surface area contributed by atoms with Crippen LogP contribution < -0.4 is 5.32 Å². The van der Waals surface area contributed by atoms with Crippen LogP contribution in [0, 0.1) is 0 Å². The van der Waals surface area contributed by atoms with Crippen molar-refractivity contribution in [2.24, 2.45) is 0 Å². The molecule has 0 aromatic carbocycles. The summed E-state index contributed by atoms with van der Waals surface area (Å²) in [5.41, 5.74) is 1.50. The van der Waals surface area contributed by atoms with Gasteiger partial charge in [-0.2, -0.15) is 0 Å². The minimum Gasteiger partial charge on any atom is -0.305 e. The SMILES string of the molecule is CCc1nc(CNC(C)(C)CC)sc1CC. The van der Waals surface area contributed by atoms with E-state index in [0.29, 0.717) is 0 Å². The molecular weight excluding hydrogens is 216 g/mol. The highest BCUT2D eigenvalue weighted by molar-refractivity contribution is 7.11. The molecule has 1 aromatic heterocycles. The first-order valence-corrected chi connectivity index (χ1v) is 7.06. The van der Waals surface area contributed by atoms with Gasteiger partial charge >= 0.3 is 0 Å². The average Bonchev–Trinajstić information content (AvgIpc) is 2.69. The summed E-state index contributed by atoms with van der Waals surface area (Å²) >= 11 is 1.86. The molecule has 16 heavy (non-hydrogen) atoms. The van der Waals surface area contributed by atoms with Crippen molar-refractivity contribution in [1.29, 1.82) is 0 Å². The first-order chi connectivity index (χ1) is 7.52. The fourth-order valence-corrected chi connectivity index (χ4v) is 2.54. The van der Waals surface area contributed by atoms with Crippen molar-refractivity contribution in [2.45, 2.75) is 66.0 Å². The van der Waals surface area contributed by atoms with Crippen LogP contribution in [0.25, 0.3) is 0 Å². The van der Waals surface area contributed by atoms with Crippen molar-refractivity contribution in [1.82, 2.24) is 10.3 Å².